The molecule has 0 aliphatic carbocycles. The molecule has 2 aromatic rings. The van der Waals surface area contributed by atoms with Crippen LogP contribution in [0.2, 0.25) is 0 Å². The maximum atomic E-state index is 13.7. The van der Waals surface area contributed by atoms with Gasteiger partial charge in [0.1, 0.15) is 11.6 Å². The van der Waals surface area contributed by atoms with Crippen LogP contribution in [0.15, 0.2) is 42.5 Å². The number of carbonyl (C=O) groups is 1. The summed E-state index contributed by atoms with van der Waals surface area (Å²) in [5.41, 5.74) is 1.71. The van der Waals surface area contributed by atoms with E-state index in [4.69, 9.17) is 5.26 Å². The highest BCUT2D eigenvalue weighted by molar-refractivity contribution is 5.89. The number of rotatable bonds is 3. The first kappa shape index (κ1) is 18.8. The molecule has 1 fully saturated rings. The fourth-order valence-electron chi connectivity index (χ4n) is 3.06. The molecule has 1 saturated heterocycles. The van der Waals surface area contributed by atoms with Crippen molar-refractivity contribution < 1.29 is 13.6 Å². The van der Waals surface area contributed by atoms with Gasteiger partial charge >= 0.3 is 6.03 Å². The highest BCUT2D eigenvalue weighted by Gasteiger charge is 2.20. The first-order chi connectivity index (χ1) is 13.0. The predicted molar refractivity (Wildman–Crippen MR) is 98.0 cm³/mol. The molecule has 0 unspecified atom stereocenters. The molecule has 7 heteroatoms. The molecule has 0 spiro atoms. The lowest BCUT2D eigenvalue weighted by molar-refractivity contribution is 0.211. The van der Waals surface area contributed by atoms with Crippen molar-refractivity contribution in [1.29, 1.82) is 5.26 Å². The second-order valence-corrected chi connectivity index (χ2v) is 6.48. The van der Waals surface area contributed by atoms with Crippen LogP contribution in [0.1, 0.15) is 17.5 Å². The summed E-state index contributed by atoms with van der Waals surface area (Å²) in [6.45, 7) is 3.37. The van der Waals surface area contributed by atoms with E-state index < -0.39 is 11.6 Å². The van der Waals surface area contributed by atoms with Crippen LogP contribution in [0.4, 0.5) is 19.3 Å². The van der Waals surface area contributed by atoms with Crippen molar-refractivity contribution >= 4 is 11.7 Å². The molecule has 140 valence electrons. The Morgan fingerprint density at radius 2 is 1.85 bits per heavy atom. The Hall–Kier alpha value is -2.98. The second-order valence-electron chi connectivity index (χ2n) is 6.48. The summed E-state index contributed by atoms with van der Waals surface area (Å²) >= 11 is 0. The average molecular weight is 370 g/mol. The Balaban J connectivity index is 1.55. The molecule has 5 nitrogen and oxygen atoms in total. The van der Waals surface area contributed by atoms with Crippen molar-refractivity contribution in [3.8, 4) is 6.07 Å². The van der Waals surface area contributed by atoms with Gasteiger partial charge in [0, 0.05) is 38.8 Å². The molecule has 0 bridgehead atoms. The number of nitriles is 1. The normalized spacial score (nSPS) is 15.1. The lowest BCUT2D eigenvalue weighted by Crippen LogP contribution is -2.38. The largest absolute Gasteiger partial charge is 0.323 e. The number of nitrogens with zero attached hydrogens (tertiary/aromatic N) is 3. The molecular formula is C20H20F2N4O. The van der Waals surface area contributed by atoms with Gasteiger partial charge in [-0.1, -0.05) is 12.1 Å². The zero-order valence-corrected chi connectivity index (χ0v) is 14.8. The van der Waals surface area contributed by atoms with Crippen molar-refractivity contribution in [3.05, 3.63) is 65.2 Å². The third-order valence-electron chi connectivity index (χ3n) is 4.54. The third-order valence-corrected chi connectivity index (χ3v) is 4.54. The standard InChI is InChI=1S/C20H20F2N4O/c21-17-6-7-19(18(22)12-17)24-20(27)26-9-1-8-25(10-11-26)14-16-4-2-15(13-23)3-5-16/h2-7,12H,1,8-11,14H2,(H,24,27). The Morgan fingerprint density at radius 1 is 1.07 bits per heavy atom. The Morgan fingerprint density at radius 3 is 2.56 bits per heavy atom. The second kappa shape index (κ2) is 8.60. The van der Waals surface area contributed by atoms with E-state index in [1.807, 2.05) is 12.1 Å². The number of amides is 2. The summed E-state index contributed by atoms with van der Waals surface area (Å²) < 4.78 is 26.7. The molecule has 1 N–H and O–H groups in total. The molecule has 0 radical (unpaired) electrons. The van der Waals surface area contributed by atoms with Gasteiger partial charge in [0.05, 0.1) is 17.3 Å². The SMILES string of the molecule is N#Cc1ccc(CN2CCCN(C(=O)Nc3ccc(F)cc3F)CC2)cc1. The minimum absolute atomic E-state index is 0.0277. The summed E-state index contributed by atoms with van der Waals surface area (Å²) in [7, 11) is 0. The number of anilines is 1. The lowest BCUT2D eigenvalue weighted by atomic mass is 10.1. The molecule has 1 aliphatic rings. The van der Waals surface area contributed by atoms with Crippen molar-refractivity contribution in [1.82, 2.24) is 9.80 Å². The van der Waals surface area contributed by atoms with Gasteiger partial charge in [-0.15, -0.1) is 0 Å². The van der Waals surface area contributed by atoms with Crippen molar-refractivity contribution in [3.63, 3.8) is 0 Å². The Labute approximate surface area is 156 Å². The summed E-state index contributed by atoms with van der Waals surface area (Å²) in [5, 5.41) is 11.4. The maximum Gasteiger partial charge on any atom is 0.321 e. The van der Waals surface area contributed by atoms with Crippen LogP contribution in [0, 0.1) is 23.0 Å². The summed E-state index contributed by atoms with van der Waals surface area (Å²) in [6, 6.07) is 12.3. The Kier molecular flexibility index (Phi) is 5.99. The molecule has 1 aliphatic heterocycles. The molecular weight excluding hydrogens is 350 g/mol. The van der Waals surface area contributed by atoms with Crippen LogP contribution in [-0.2, 0) is 6.54 Å². The summed E-state index contributed by atoms with van der Waals surface area (Å²) in [4.78, 5) is 16.3. The monoisotopic (exact) mass is 370 g/mol. The first-order valence-corrected chi connectivity index (χ1v) is 8.77. The fraction of sp³-hybridized carbons (Fsp3) is 0.300. The van der Waals surface area contributed by atoms with Crippen LogP contribution >= 0.6 is 0 Å². The van der Waals surface area contributed by atoms with E-state index in [2.05, 4.69) is 16.3 Å². The highest BCUT2D eigenvalue weighted by Crippen LogP contribution is 2.16. The number of benzene rings is 2. The molecule has 0 saturated carbocycles. The molecule has 1 heterocycles. The van der Waals surface area contributed by atoms with Crippen molar-refractivity contribution in [2.75, 3.05) is 31.5 Å². The number of carbonyl (C=O) groups excluding carboxylic acids is 1. The van der Waals surface area contributed by atoms with E-state index in [0.29, 0.717) is 25.2 Å². The van der Waals surface area contributed by atoms with E-state index >= 15 is 0 Å². The number of urea groups is 1. The highest BCUT2D eigenvalue weighted by atomic mass is 19.1. The van der Waals surface area contributed by atoms with Crippen LogP contribution in [0.25, 0.3) is 0 Å². The minimum Gasteiger partial charge on any atom is -0.323 e. The summed E-state index contributed by atoms with van der Waals surface area (Å²) in [5.74, 6) is -1.47. The van der Waals surface area contributed by atoms with E-state index in [1.165, 1.54) is 6.07 Å². The molecule has 2 amide bonds. The molecule has 0 aromatic heterocycles. The molecule has 27 heavy (non-hydrogen) atoms. The molecule has 0 atom stereocenters. The van der Waals surface area contributed by atoms with Gasteiger partial charge in [0.2, 0.25) is 0 Å². The lowest BCUT2D eigenvalue weighted by Gasteiger charge is -2.22. The van der Waals surface area contributed by atoms with Crippen LogP contribution < -0.4 is 5.32 Å². The average Bonchev–Trinajstić information content (AvgIpc) is 2.90. The van der Waals surface area contributed by atoms with Gasteiger partial charge in [-0.05, 0) is 36.2 Å². The smallest absolute Gasteiger partial charge is 0.321 e. The van der Waals surface area contributed by atoms with Gasteiger partial charge < -0.3 is 10.2 Å². The van der Waals surface area contributed by atoms with Crippen LogP contribution in [0.5, 0.6) is 0 Å². The van der Waals surface area contributed by atoms with E-state index in [-0.39, 0.29) is 11.7 Å². The van der Waals surface area contributed by atoms with Gasteiger partial charge in [-0.25, -0.2) is 13.6 Å². The number of hydrogen-bond donors (Lipinski definition) is 1. The van der Waals surface area contributed by atoms with E-state index in [0.717, 1.165) is 37.2 Å². The van der Waals surface area contributed by atoms with E-state index in [9.17, 15) is 13.6 Å². The number of nitrogens with one attached hydrogen (secondary N) is 1. The van der Waals surface area contributed by atoms with Gasteiger partial charge in [0.25, 0.3) is 0 Å². The van der Waals surface area contributed by atoms with Crippen LogP contribution in [-0.4, -0.2) is 42.0 Å². The zero-order chi connectivity index (χ0) is 19.2. The number of hydrogen-bond acceptors (Lipinski definition) is 3. The van der Waals surface area contributed by atoms with Crippen LogP contribution in [0.3, 0.4) is 0 Å². The van der Waals surface area contributed by atoms with Crippen molar-refractivity contribution in [2.24, 2.45) is 0 Å². The topological polar surface area (TPSA) is 59.4 Å². The van der Waals surface area contributed by atoms with E-state index in [1.54, 1.807) is 17.0 Å². The maximum absolute atomic E-state index is 13.7. The van der Waals surface area contributed by atoms with Crippen molar-refractivity contribution in [2.45, 2.75) is 13.0 Å². The predicted octanol–water partition coefficient (Wildman–Crippen LogP) is 3.58. The minimum atomic E-state index is -0.791. The quantitative estimate of drug-likeness (QED) is 0.898. The number of halogens is 2. The van der Waals surface area contributed by atoms with Gasteiger partial charge in [-0.3, -0.25) is 4.90 Å². The summed E-state index contributed by atoms with van der Waals surface area (Å²) in [6.07, 6.45) is 0.801. The Bertz CT molecular complexity index is 848. The first-order valence-electron chi connectivity index (χ1n) is 8.77. The molecule has 2 aromatic carbocycles. The van der Waals surface area contributed by atoms with Gasteiger partial charge in [-0.2, -0.15) is 5.26 Å². The molecule has 3 rings (SSSR count). The fourth-order valence-corrected chi connectivity index (χ4v) is 3.06. The zero-order valence-electron chi connectivity index (χ0n) is 14.8. The third kappa shape index (κ3) is 5.02. The van der Waals surface area contributed by atoms with Gasteiger partial charge in [0.15, 0.2) is 0 Å².